The van der Waals surface area contributed by atoms with Crippen molar-refractivity contribution in [2.45, 2.75) is 52.6 Å². The Balaban J connectivity index is 3.45. The summed E-state index contributed by atoms with van der Waals surface area (Å²) in [4.78, 5) is 0. The fourth-order valence-electron chi connectivity index (χ4n) is 1.21. The maximum atomic E-state index is 10.8. The molecule has 2 nitrogen and oxygen atoms in total. The standard InChI is InChI=1S/C9H18I2O2S/c1-2-3-4-5-6-7-8-9(10,11)14(12)13/h14H,2-8H2,1H3. The fourth-order valence-corrected chi connectivity index (χ4v) is 2.31. The lowest BCUT2D eigenvalue weighted by Crippen LogP contribution is -2.12. The van der Waals surface area contributed by atoms with E-state index in [1.54, 1.807) is 0 Å². The Hall–Kier alpha value is 1.41. The molecule has 0 heterocycles. The third-order valence-corrected chi connectivity index (χ3v) is 6.30. The van der Waals surface area contributed by atoms with Gasteiger partial charge in [-0.05, 0) is 51.6 Å². The lowest BCUT2D eigenvalue weighted by atomic mass is 10.1. The molecule has 0 aliphatic carbocycles. The van der Waals surface area contributed by atoms with Crippen LogP contribution in [-0.4, -0.2) is 9.18 Å². The van der Waals surface area contributed by atoms with Crippen LogP contribution in [0.15, 0.2) is 0 Å². The van der Waals surface area contributed by atoms with Gasteiger partial charge < -0.3 is 0 Å². The average Bonchev–Trinajstić information content (AvgIpc) is 2.10. The van der Waals surface area contributed by atoms with Crippen molar-refractivity contribution < 1.29 is 8.42 Å². The molecule has 0 aromatic rings. The summed E-state index contributed by atoms with van der Waals surface area (Å²) in [5.41, 5.74) is 0. The largest absolute Gasteiger partial charge is 0.230 e. The van der Waals surface area contributed by atoms with Gasteiger partial charge in [0.2, 0.25) is 0 Å². The first kappa shape index (κ1) is 15.4. The molecule has 0 bridgehead atoms. The molecule has 0 amide bonds. The van der Waals surface area contributed by atoms with Crippen molar-refractivity contribution in [3.8, 4) is 0 Å². The number of hydrogen-bond donors (Lipinski definition) is 1. The number of hydrogen-bond acceptors (Lipinski definition) is 2. The van der Waals surface area contributed by atoms with E-state index in [0.717, 1.165) is 19.3 Å². The lowest BCUT2D eigenvalue weighted by Gasteiger charge is -2.12. The Morgan fingerprint density at radius 1 is 1.00 bits per heavy atom. The average molecular weight is 444 g/mol. The van der Waals surface area contributed by atoms with Gasteiger partial charge in [-0.25, -0.2) is 8.42 Å². The van der Waals surface area contributed by atoms with Gasteiger partial charge >= 0.3 is 0 Å². The predicted molar refractivity (Wildman–Crippen MR) is 79.1 cm³/mol. The van der Waals surface area contributed by atoms with Gasteiger partial charge in [0, 0.05) is 0 Å². The summed E-state index contributed by atoms with van der Waals surface area (Å²) < 4.78 is 21.1. The van der Waals surface area contributed by atoms with Crippen molar-refractivity contribution in [3.63, 3.8) is 0 Å². The maximum Gasteiger partial charge on any atom is 0.171 e. The fraction of sp³-hybridized carbons (Fsp3) is 1.00. The van der Waals surface area contributed by atoms with Gasteiger partial charge in [0.1, 0.15) is 0 Å². The van der Waals surface area contributed by atoms with Crippen molar-refractivity contribution in [2.24, 2.45) is 0 Å². The summed E-state index contributed by atoms with van der Waals surface area (Å²) in [6.45, 7) is 2.20. The third kappa shape index (κ3) is 7.67. The van der Waals surface area contributed by atoms with Crippen LogP contribution in [0.25, 0.3) is 0 Å². The summed E-state index contributed by atoms with van der Waals surface area (Å²) in [5, 5.41) is 0. The van der Waals surface area contributed by atoms with Crippen LogP contribution in [0.5, 0.6) is 0 Å². The van der Waals surface area contributed by atoms with Crippen molar-refractivity contribution >= 4 is 55.9 Å². The van der Waals surface area contributed by atoms with Crippen LogP contribution >= 0.6 is 45.2 Å². The molecule has 0 N–H and O–H groups in total. The zero-order valence-electron chi connectivity index (χ0n) is 8.47. The second-order valence-electron chi connectivity index (χ2n) is 3.44. The molecule has 0 rings (SSSR count). The SMILES string of the molecule is CCCCCCCCC(I)(I)[SH](=O)=O. The first-order chi connectivity index (χ1) is 6.50. The molecule has 0 spiro atoms. The highest BCUT2D eigenvalue weighted by atomic mass is 127. The molecule has 86 valence electrons. The van der Waals surface area contributed by atoms with E-state index in [1.807, 2.05) is 45.2 Å². The number of alkyl halides is 2. The molecular weight excluding hydrogens is 426 g/mol. The van der Waals surface area contributed by atoms with Crippen LogP contribution in [0.2, 0.25) is 0 Å². The summed E-state index contributed by atoms with van der Waals surface area (Å²) in [6.07, 6.45) is 8.06. The molecule has 14 heavy (non-hydrogen) atoms. The molecule has 0 aliphatic heterocycles. The van der Waals surface area contributed by atoms with Gasteiger partial charge in [0.05, 0.1) is 0 Å². The highest BCUT2D eigenvalue weighted by Gasteiger charge is 2.25. The van der Waals surface area contributed by atoms with Crippen LogP contribution in [0.4, 0.5) is 0 Å². The molecule has 0 fully saturated rings. The van der Waals surface area contributed by atoms with Gasteiger partial charge in [-0.2, -0.15) is 0 Å². The molecule has 0 atom stereocenters. The van der Waals surface area contributed by atoms with Crippen molar-refractivity contribution in [2.75, 3.05) is 0 Å². The van der Waals surface area contributed by atoms with Gasteiger partial charge in [0.15, 0.2) is 11.5 Å². The van der Waals surface area contributed by atoms with Crippen LogP contribution in [0.1, 0.15) is 51.9 Å². The molecule has 0 unspecified atom stereocenters. The molecule has 0 saturated heterocycles. The second kappa shape index (κ2) is 8.55. The quantitative estimate of drug-likeness (QED) is 0.267. The Labute approximate surface area is 116 Å². The summed E-state index contributed by atoms with van der Waals surface area (Å²) >= 11 is 4.05. The smallest absolute Gasteiger partial charge is 0.171 e. The minimum absolute atomic E-state index is 0.560. The van der Waals surface area contributed by atoms with E-state index < -0.39 is 11.5 Å². The molecule has 0 saturated carbocycles. The zero-order valence-corrected chi connectivity index (χ0v) is 13.7. The van der Waals surface area contributed by atoms with Crippen LogP contribution in [0.3, 0.4) is 0 Å². The third-order valence-electron chi connectivity index (χ3n) is 2.10. The Bertz CT molecular complexity index is 207. The lowest BCUT2D eigenvalue weighted by molar-refractivity contribution is 0.584. The first-order valence-corrected chi connectivity index (χ1v) is 8.36. The van der Waals surface area contributed by atoms with Crippen molar-refractivity contribution in [1.82, 2.24) is 0 Å². The summed E-state index contributed by atoms with van der Waals surface area (Å²) in [5.74, 6) is 0. The van der Waals surface area contributed by atoms with Crippen LogP contribution < -0.4 is 0 Å². The van der Waals surface area contributed by atoms with E-state index >= 15 is 0 Å². The zero-order chi connectivity index (χ0) is 11.0. The predicted octanol–water partition coefficient (Wildman–Crippen LogP) is 3.87. The molecule has 0 aliphatic rings. The van der Waals surface area contributed by atoms with Gasteiger partial charge in [-0.3, -0.25) is 0 Å². The van der Waals surface area contributed by atoms with E-state index in [2.05, 4.69) is 6.92 Å². The number of halogens is 2. The Morgan fingerprint density at radius 3 is 2.00 bits per heavy atom. The maximum absolute atomic E-state index is 10.8. The Kier molecular flexibility index (Phi) is 9.41. The van der Waals surface area contributed by atoms with Crippen LogP contribution in [0, 0.1) is 0 Å². The molecule has 0 radical (unpaired) electrons. The minimum atomic E-state index is -2.30. The molecule has 5 heteroatoms. The number of rotatable bonds is 8. The van der Waals surface area contributed by atoms with Gasteiger partial charge in [-0.15, -0.1) is 0 Å². The molecule has 0 aromatic heterocycles. The van der Waals surface area contributed by atoms with E-state index in [-0.39, 0.29) is 0 Å². The van der Waals surface area contributed by atoms with Crippen LogP contribution in [-0.2, 0) is 10.7 Å². The molecular formula is C9H18I2O2S. The minimum Gasteiger partial charge on any atom is -0.230 e. The van der Waals surface area contributed by atoms with Crippen molar-refractivity contribution in [1.29, 1.82) is 0 Å². The van der Waals surface area contributed by atoms with E-state index in [4.69, 9.17) is 0 Å². The number of thiol groups is 1. The highest BCUT2D eigenvalue weighted by molar-refractivity contribution is 14.2. The topological polar surface area (TPSA) is 34.1 Å². The normalized spacial score (nSPS) is 12.3. The molecule has 0 aromatic carbocycles. The summed E-state index contributed by atoms with van der Waals surface area (Å²) in [7, 11) is -2.30. The monoisotopic (exact) mass is 444 g/mol. The first-order valence-electron chi connectivity index (χ1n) is 5.03. The van der Waals surface area contributed by atoms with E-state index in [9.17, 15) is 8.42 Å². The van der Waals surface area contributed by atoms with E-state index in [0.29, 0.717) is 0 Å². The van der Waals surface area contributed by atoms with Gasteiger partial charge in [-0.1, -0.05) is 45.4 Å². The van der Waals surface area contributed by atoms with Crippen molar-refractivity contribution in [3.05, 3.63) is 0 Å². The van der Waals surface area contributed by atoms with E-state index in [1.165, 1.54) is 25.7 Å². The highest BCUT2D eigenvalue weighted by Crippen LogP contribution is 2.34. The number of unbranched alkanes of at least 4 members (excludes halogenated alkanes) is 5. The second-order valence-corrected chi connectivity index (χ2v) is 12.2. The summed E-state index contributed by atoms with van der Waals surface area (Å²) in [6, 6.07) is 0. The Morgan fingerprint density at radius 2 is 1.50 bits per heavy atom. The van der Waals surface area contributed by atoms with Gasteiger partial charge in [0.25, 0.3) is 0 Å².